The van der Waals surface area contributed by atoms with E-state index in [1.54, 1.807) is 10.9 Å². The summed E-state index contributed by atoms with van der Waals surface area (Å²) in [6.07, 6.45) is 1.61. The molecular formula is C15H14ClN3OS. The Balaban J connectivity index is 1.75. The molecular weight excluding hydrogens is 306 g/mol. The zero-order valence-corrected chi connectivity index (χ0v) is 13.0. The summed E-state index contributed by atoms with van der Waals surface area (Å²) in [5, 5.41) is 5.86. The van der Waals surface area contributed by atoms with Gasteiger partial charge in [0.25, 0.3) is 5.56 Å². The number of fused-ring (bicyclic) bond motifs is 1. The number of thiophene rings is 1. The molecule has 0 aliphatic carbocycles. The number of rotatable bonds is 4. The molecule has 3 rings (SSSR count). The van der Waals surface area contributed by atoms with Crippen molar-refractivity contribution in [2.75, 3.05) is 11.9 Å². The second kappa shape index (κ2) is 5.87. The van der Waals surface area contributed by atoms with E-state index in [9.17, 15) is 4.79 Å². The first-order chi connectivity index (χ1) is 10.2. The van der Waals surface area contributed by atoms with Gasteiger partial charge in [0.05, 0.1) is 22.6 Å². The Hall–Kier alpha value is -1.85. The highest BCUT2D eigenvalue weighted by atomic mass is 35.5. The molecule has 0 bridgehead atoms. The van der Waals surface area contributed by atoms with Crippen molar-refractivity contribution in [3.63, 3.8) is 0 Å². The Morgan fingerprint density at radius 2 is 2.19 bits per heavy atom. The molecule has 0 aliphatic rings. The molecule has 0 radical (unpaired) electrons. The highest BCUT2D eigenvalue weighted by Crippen LogP contribution is 2.20. The largest absolute Gasteiger partial charge is 0.382 e. The second-order valence-electron chi connectivity index (χ2n) is 4.75. The minimum Gasteiger partial charge on any atom is -0.382 e. The van der Waals surface area contributed by atoms with Gasteiger partial charge in [-0.15, -0.1) is 11.3 Å². The fraction of sp³-hybridized carbons (Fsp3) is 0.200. The third-order valence-corrected chi connectivity index (χ3v) is 4.67. The quantitative estimate of drug-likeness (QED) is 0.800. The highest BCUT2D eigenvalue weighted by molar-refractivity contribution is 7.17. The van der Waals surface area contributed by atoms with Crippen molar-refractivity contribution in [1.29, 1.82) is 0 Å². The van der Waals surface area contributed by atoms with Crippen molar-refractivity contribution >= 4 is 38.8 Å². The van der Waals surface area contributed by atoms with Crippen molar-refractivity contribution in [2.45, 2.75) is 13.5 Å². The van der Waals surface area contributed by atoms with Crippen molar-refractivity contribution in [1.82, 2.24) is 9.55 Å². The maximum Gasteiger partial charge on any atom is 0.271 e. The number of para-hydroxylation sites is 1. The average Bonchev–Trinajstić information content (AvgIpc) is 2.86. The number of hydrogen-bond acceptors (Lipinski definition) is 4. The molecule has 1 aromatic carbocycles. The summed E-state index contributed by atoms with van der Waals surface area (Å²) in [5.74, 6) is 0. The fourth-order valence-electron chi connectivity index (χ4n) is 2.14. The molecule has 0 atom stereocenters. The molecule has 4 nitrogen and oxygen atoms in total. The molecule has 21 heavy (non-hydrogen) atoms. The number of halogens is 1. The van der Waals surface area contributed by atoms with Gasteiger partial charge >= 0.3 is 0 Å². The van der Waals surface area contributed by atoms with Crippen LogP contribution < -0.4 is 10.9 Å². The first-order valence-electron chi connectivity index (χ1n) is 6.58. The zero-order chi connectivity index (χ0) is 14.8. The summed E-state index contributed by atoms with van der Waals surface area (Å²) in [6.45, 7) is 3.12. The van der Waals surface area contributed by atoms with Crippen LogP contribution in [0.25, 0.3) is 10.2 Å². The van der Waals surface area contributed by atoms with Crippen LogP contribution >= 0.6 is 22.9 Å². The molecule has 0 unspecified atom stereocenters. The van der Waals surface area contributed by atoms with Crippen LogP contribution in [0.3, 0.4) is 0 Å². The predicted molar refractivity (Wildman–Crippen MR) is 88.6 cm³/mol. The smallest absolute Gasteiger partial charge is 0.271 e. The summed E-state index contributed by atoms with van der Waals surface area (Å²) in [6, 6.07) is 7.55. The normalized spacial score (nSPS) is 11.0. The van der Waals surface area contributed by atoms with Gasteiger partial charge in [0.2, 0.25) is 0 Å². The number of aromatic nitrogens is 2. The fourth-order valence-corrected chi connectivity index (χ4v) is 3.29. The molecule has 0 amide bonds. The van der Waals surface area contributed by atoms with Crippen LogP contribution in [0.4, 0.5) is 5.69 Å². The predicted octanol–water partition coefficient (Wildman–Crippen LogP) is 3.53. The number of nitrogens with one attached hydrogen (secondary N) is 1. The minimum atomic E-state index is 0.0130. The third kappa shape index (κ3) is 2.80. The van der Waals surface area contributed by atoms with E-state index in [0.29, 0.717) is 22.8 Å². The van der Waals surface area contributed by atoms with Crippen LogP contribution in [0.1, 0.15) is 5.56 Å². The number of nitrogens with zero attached hydrogens (tertiary/aromatic N) is 2. The van der Waals surface area contributed by atoms with Gasteiger partial charge in [-0.1, -0.05) is 23.7 Å². The van der Waals surface area contributed by atoms with Gasteiger partial charge in [0.15, 0.2) is 0 Å². The minimum absolute atomic E-state index is 0.0130. The van der Waals surface area contributed by atoms with E-state index in [0.717, 1.165) is 16.8 Å². The van der Waals surface area contributed by atoms with E-state index >= 15 is 0 Å². The van der Waals surface area contributed by atoms with Crippen molar-refractivity contribution < 1.29 is 0 Å². The van der Waals surface area contributed by atoms with E-state index in [2.05, 4.69) is 10.3 Å². The molecule has 3 aromatic rings. The van der Waals surface area contributed by atoms with Crippen LogP contribution in [0, 0.1) is 6.92 Å². The molecule has 0 saturated heterocycles. The molecule has 2 aromatic heterocycles. The standard InChI is InChI=1S/C15H14ClN3OS/c1-10-8-21-14-13(10)18-9-19(15(14)20)7-6-17-12-5-3-2-4-11(12)16/h2-5,8-9,17H,6-7H2,1H3. The molecule has 2 heterocycles. The maximum atomic E-state index is 12.3. The van der Waals surface area contributed by atoms with E-state index in [4.69, 9.17) is 11.6 Å². The Morgan fingerprint density at radius 3 is 3.00 bits per heavy atom. The Labute approximate surface area is 131 Å². The molecule has 0 aliphatic heterocycles. The first kappa shape index (κ1) is 14.1. The zero-order valence-electron chi connectivity index (χ0n) is 11.5. The number of hydrogen-bond donors (Lipinski definition) is 1. The van der Waals surface area contributed by atoms with Gasteiger partial charge in [-0.2, -0.15) is 0 Å². The average molecular weight is 320 g/mol. The molecule has 0 saturated carbocycles. The van der Waals surface area contributed by atoms with Gasteiger partial charge in [-0.05, 0) is 30.0 Å². The van der Waals surface area contributed by atoms with Gasteiger partial charge in [-0.3, -0.25) is 9.36 Å². The maximum absolute atomic E-state index is 12.3. The number of anilines is 1. The van der Waals surface area contributed by atoms with Crippen LogP contribution in [0.5, 0.6) is 0 Å². The molecule has 0 fully saturated rings. The van der Waals surface area contributed by atoms with Gasteiger partial charge in [0, 0.05) is 13.1 Å². The van der Waals surface area contributed by atoms with Crippen LogP contribution in [-0.2, 0) is 6.54 Å². The summed E-state index contributed by atoms with van der Waals surface area (Å²) in [4.78, 5) is 16.7. The number of benzene rings is 1. The van der Waals surface area contributed by atoms with Gasteiger partial charge in [0.1, 0.15) is 4.70 Å². The van der Waals surface area contributed by atoms with E-state index in [1.807, 2.05) is 36.6 Å². The summed E-state index contributed by atoms with van der Waals surface area (Å²) >= 11 is 7.53. The van der Waals surface area contributed by atoms with Crippen molar-refractivity contribution in [3.05, 3.63) is 56.9 Å². The first-order valence-corrected chi connectivity index (χ1v) is 7.84. The SMILES string of the molecule is Cc1csc2c(=O)n(CCNc3ccccc3Cl)cnc12. The lowest BCUT2D eigenvalue weighted by Crippen LogP contribution is -2.23. The lowest BCUT2D eigenvalue weighted by Gasteiger charge is -2.09. The summed E-state index contributed by atoms with van der Waals surface area (Å²) in [5.41, 5.74) is 2.74. The molecule has 6 heteroatoms. The topological polar surface area (TPSA) is 46.9 Å². The molecule has 108 valence electrons. The second-order valence-corrected chi connectivity index (χ2v) is 6.03. The van der Waals surface area contributed by atoms with Gasteiger partial charge in [-0.25, -0.2) is 4.98 Å². The third-order valence-electron chi connectivity index (χ3n) is 3.27. The van der Waals surface area contributed by atoms with Crippen LogP contribution in [0.15, 0.2) is 40.8 Å². The Kier molecular flexibility index (Phi) is 3.94. The summed E-state index contributed by atoms with van der Waals surface area (Å²) in [7, 11) is 0. The Bertz CT molecular complexity index is 840. The lowest BCUT2D eigenvalue weighted by molar-refractivity contribution is 0.690. The van der Waals surface area contributed by atoms with Gasteiger partial charge < -0.3 is 5.32 Å². The number of aryl methyl sites for hydroxylation is 1. The van der Waals surface area contributed by atoms with E-state index < -0.39 is 0 Å². The van der Waals surface area contributed by atoms with Crippen molar-refractivity contribution in [3.8, 4) is 0 Å². The van der Waals surface area contributed by atoms with Crippen LogP contribution in [0.2, 0.25) is 5.02 Å². The monoisotopic (exact) mass is 319 g/mol. The van der Waals surface area contributed by atoms with Crippen LogP contribution in [-0.4, -0.2) is 16.1 Å². The lowest BCUT2D eigenvalue weighted by atomic mass is 10.3. The van der Waals surface area contributed by atoms with E-state index in [-0.39, 0.29) is 5.56 Å². The van der Waals surface area contributed by atoms with Crippen molar-refractivity contribution in [2.24, 2.45) is 0 Å². The highest BCUT2D eigenvalue weighted by Gasteiger charge is 2.08. The van der Waals surface area contributed by atoms with E-state index in [1.165, 1.54) is 11.3 Å². The summed E-state index contributed by atoms with van der Waals surface area (Å²) < 4.78 is 2.34. The molecule has 1 N–H and O–H groups in total. The molecule has 0 spiro atoms. The Morgan fingerprint density at radius 1 is 1.38 bits per heavy atom.